The van der Waals surface area contributed by atoms with Gasteiger partial charge in [0.1, 0.15) is 0 Å². The van der Waals surface area contributed by atoms with Crippen molar-refractivity contribution in [2.24, 2.45) is 17.8 Å². The predicted octanol–water partition coefficient (Wildman–Crippen LogP) is 5.29. The second-order valence-corrected chi connectivity index (χ2v) is 7.47. The van der Waals surface area contributed by atoms with Crippen molar-refractivity contribution in [3.8, 4) is 0 Å². The van der Waals surface area contributed by atoms with E-state index < -0.39 is 6.29 Å². The Labute approximate surface area is 131 Å². The second-order valence-electron chi connectivity index (χ2n) is 7.47. The maximum atomic E-state index is 10.3. The van der Waals surface area contributed by atoms with Crippen molar-refractivity contribution in [1.29, 1.82) is 0 Å². The highest BCUT2D eigenvalue weighted by Crippen LogP contribution is 2.39. The Hall–Kier alpha value is -0.0800. The highest BCUT2D eigenvalue weighted by molar-refractivity contribution is 4.82. The average molecular weight is 296 g/mol. The minimum absolute atomic E-state index is 0.338. The van der Waals surface area contributed by atoms with Gasteiger partial charge in [-0.25, -0.2) is 0 Å². The maximum absolute atomic E-state index is 10.3. The van der Waals surface area contributed by atoms with Gasteiger partial charge in [-0.05, 0) is 43.9 Å². The van der Waals surface area contributed by atoms with E-state index in [9.17, 15) is 5.11 Å². The first-order chi connectivity index (χ1) is 10.2. The van der Waals surface area contributed by atoms with Gasteiger partial charge in [0.15, 0.2) is 6.29 Å². The molecule has 1 saturated carbocycles. The van der Waals surface area contributed by atoms with Gasteiger partial charge in [-0.15, -0.1) is 0 Å². The fourth-order valence-electron chi connectivity index (χ4n) is 4.43. The van der Waals surface area contributed by atoms with Crippen LogP contribution in [-0.2, 0) is 4.74 Å². The Morgan fingerprint density at radius 2 is 1.62 bits per heavy atom. The van der Waals surface area contributed by atoms with E-state index >= 15 is 0 Å². The number of aliphatic hydroxyl groups excluding tert-OH is 1. The minimum Gasteiger partial charge on any atom is -0.368 e. The van der Waals surface area contributed by atoms with E-state index in [4.69, 9.17) is 4.74 Å². The van der Waals surface area contributed by atoms with Crippen LogP contribution in [0.1, 0.15) is 90.9 Å². The summed E-state index contributed by atoms with van der Waals surface area (Å²) in [5.74, 6) is 2.06. The molecule has 1 saturated heterocycles. The molecule has 1 N–H and O–H groups in total. The molecule has 0 amide bonds. The minimum atomic E-state index is -0.492. The summed E-state index contributed by atoms with van der Waals surface area (Å²) in [6.07, 6.45) is 15.3. The third-order valence-corrected chi connectivity index (χ3v) is 5.83. The Kier molecular flexibility index (Phi) is 7.53. The average Bonchev–Trinajstić information content (AvgIpc) is 2.50. The van der Waals surface area contributed by atoms with Crippen LogP contribution in [0.3, 0.4) is 0 Å². The van der Waals surface area contributed by atoms with Crippen LogP contribution < -0.4 is 0 Å². The van der Waals surface area contributed by atoms with Crippen LogP contribution >= 0.6 is 0 Å². The maximum Gasteiger partial charge on any atom is 0.157 e. The molecule has 2 rings (SSSR count). The Morgan fingerprint density at radius 1 is 0.857 bits per heavy atom. The second kappa shape index (κ2) is 9.15. The molecule has 1 aliphatic carbocycles. The zero-order chi connectivity index (χ0) is 15.1. The summed E-state index contributed by atoms with van der Waals surface area (Å²) in [6, 6.07) is 0. The van der Waals surface area contributed by atoms with Gasteiger partial charge in [0.05, 0.1) is 6.10 Å². The van der Waals surface area contributed by atoms with Crippen LogP contribution in [0, 0.1) is 17.8 Å². The Bertz CT molecular complexity index is 271. The first kappa shape index (κ1) is 17.3. The largest absolute Gasteiger partial charge is 0.368 e. The van der Waals surface area contributed by atoms with Gasteiger partial charge in [0.25, 0.3) is 0 Å². The molecule has 0 aromatic heterocycles. The summed E-state index contributed by atoms with van der Waals surface area (Å²) in [5, 5.41) is 10.3. The lowest BCUT2D eigenvalue weighted by Gasteiger charge is -2.40. The fraction of sp³-hybridized carbons (Fsp3) is 1.00. The zero-order valence-corrected chi connectivity index (χ0v) is 14.2. The SMILES string of the molecule is CCCCCC1CCC(C2CCC(CCC)CC2)OC1O. The van der Waals surface area contributed by atoms with E-state index in [1.54, 1.807) is 0 Å². The van der Waals surface area contributed by atoms with Crippen LogP contribution in [0.2, 0.25) is 0 Å². The highest BCUT2D eigenvalue weighted by atomic mass is 16.6. The number of hydrogen-bond donors (Lipinski definition) is 1. The van der Waals surface area contributed by atoms with E-state index in [1.807, 2.05) is 0 Å². The zero-order valence-electron chi connectivity index (χ0n) is 14.2. The monoisotopic (exact) mass is 296 g/mol. The van der Waals surface area contributed by atoms with Gasteiger partial charge in [-0.3, -0.25) is 0 Å². The molecule has 21 heavy (non-hydrogen) atoms. The highest BCUT2D eigenvalue weighted by Gasteiger charge is 2.35. The molecule has 0 bridgehead atoms. The van der Waals surface area contributed by atoms with E-state index in [1.165, 1.54) is 70.6 Å². The molecule has 124 valence electrons. The molecule has 1 aliphatic heterocycles. The number of unbranched alkanes of at least 4 members (excludes halogenated alkanes) is 2. The van der Waals surface area contributed by atoms with Crippen molar-refractivity contribution in [1.82, 2.24) is 0 Å². The van der Waals surface area contributed by atoms with Crippen molar-refractivity contribution in [3.05, 3.63) is 0 Å². The van der Waals surface area contributed by atoms with E-state index in [-0.39, 0.29) is 0 Å². The van der Waals surface area contributed by atoms with E-state index in [0.717, 1.165) is 12.3 Å². The third kappa shape index (κ3) is 5.25. The molecule has 0 aromatic carbocycles. The quantitative estimate of drug-likeness (QED) is 0.647. The lowest BCUT2D eigenvalue weighted by atomic mass is 9.75. The standard InChI is InChI=1S/C19H36O2/c1-3-5-6-8-17-13-14-18(21-19(17)20)16-11-9-15(7-4-2)10-12-16/h15-20H,3-14H2,1-2H3. The van der Waals surface area contributed by atoms with Crippen molar-refractivity contribution in [3.63, 3.8) is 0 Å². The predicted molar refractivity (Wildman–Crippen MR) is 88.1 cm³/mol. The van der Waals surface area contributed by atoms with E-state index in [0.29, 0.717) is 17.9 Å². The van der Waals surface area contributed by atoms with Gasteiger partial charge in [-0.1, -0.05) is 58.8 Å². The molecule has 0 radical (unpaired) electrons. The van der Waals surface area contributed by atoms with Crippen LogP contribution in [0.5, 0.6) is 0 Å². The van der Waals surface area contributed by atoms with Gasteiger partial charge in [0.2, 0.25) is 0 Å². The van der Waals surface area contributed by atoms with Crippen LogP contribution in [0.15, 0.2) is 0 Å². The Morgan fingerprint density at radius 3 is 2.24 bits per heavy atom. The van der Waals surface area contributed by atoms with Gasteiger partial charge >= 0.3 is 0 Å². The first-order valence-electron chi connectivity index (χ1n) is 9.58. The lowest BCUT2D eigenvalue weighted by molar-refractivity contribution is -0.210. The number of ether oxygens (including phenoxy) is 1. The van der Waals surface area contributed by atoms with Crippen LogP contribution in [0.4, 0.5) is 0 Å². The van der Waals surface area contributed by atoms with Crippen molar-refractivity contribution >= 4 is 0 Å². The molecular formula is C19H36O2. The number of rotatable bonds is 7. The molecular weight excluding hydrogens is 260 g/mol. The smallest absolute Gasteiger partial charge is 0.157 e. The summed E-state index contributed by atoms with van der Waals surface area (Å²) < 4.78 is 6.02. The summed E-state index contributed by atoms with van der Waals surface area (Å²) in [4.78, 5) is 0. The van der Waals surface area contributed by atoms with Crippen molar-refractivity contribution in [2.45, 2.75) is 103 Å². The molecule has 2 nitrogen and oxygen atoms in total. The summed E-state index contributed by atoms with van der Waals surface area (Å²) in [6.45, 7) is 4.53. The molecule has 2 heteroatoms. The molecule has 3 unspecified atom stereocenters. The lowest BCUT2D eigenvalue weighted by Crippen LogP contribution is -2.40. The molecule has 2 fully saturated rings. The van der Waals surface area contributed by atoms with E-state index in [2.05, 4.69) is 13.8 Å². The number of hydrogen-bond acceptors (Lipinski definition) is 2. The first-order valence-corrected chi connectivity index (χ1v) is 9.58. The Balaban J connectivity index is 1.70. The van der Waals surface area contributed by atoms with Crippen LogP contribution in [0.25, 0.3) is 0 Å². The van der Waals surface area contributed by atoms with Gasteiger partial charge in [0, 0.05) is 5.92 Å². The summed E-state index contributed by atoms with van der Waals surface area (Å²) in [5.41, 5.74) is 0. The van der Waals surface area contributed by atoms with Crippen molar-refractivity contribution in [2.75, 3.05) is 0 Å². The normalized spacial score (nSPS) is 37.6. The van der Waals surface area contributed by atoms with Crippen LogP contribution in [-0.4, -0.2) is 17.5 Å². The van der Waals surface area contributed by atoms with Crippen molar-refractivity contribution < 1.29 is 9.84 Å². The molecule has 0 spiro atoms. The number of aliphatic hydroxyl groups is 1. The third-order valence-electron chi connectivity index (χ3n) is 5.83. The topological polar surface area (TPSA) is 29.5 Å². The summed E-state index contributed by atoms with van der Waals surface area (Å²) in [7, 11) is 0. The summed E-state index contributed by atoms with van der Waals surface area (Å²) >= 11 is 0. The molecule has 3 atom stereocenters. The van der Waals surface area contributed by atoms with Gasteiger partial charge < -0.3 is 9.84 Å². The molecule has 1 heterocycles. The van der Waals surface area contributed by atoms with Gasteiger partial charge in [-0.2, -0.15) is 0 Å². The molecule has 0 aromatic rings. The molecule has 2 aliphatic rings. The fourth-order valence-corrected chi connectivity index (χ4v) is 4.43.